The number of aryl methyl sites for hydroxylation is 1. The number of benzene rings is 3. The van der Waals surface area contributed by atoms with Gasteiger partial charge in [-0.1, -0.05) is 35.9 Å². The summed E-state index contributed by atoms with van der Waals surface area (Å²) < 4.78 is 5.71. The van der Waals surface area contributed by atoms with Crippen molar-refractivity contribution in [3.8, 4) is 5.75 Å². The Morgan fingerprint density at radius 3 is 2.23 bits per heavy atom. The van der Waals surface area contributed by atoms with Crippen molar-refractivity contribution >= 4 is 34.8 Å². The van der Waals surface area contributed by atoms with Crippen LogP contribution in [-0.2, 0) is 4.79 Å². The standard InChI is InChI=1S/C24H23ClN2O3/c1-15-7-4-5-9-21(15)26-24(29)18-11-13-19(14-12-18)30-17(3)23(28)27-22-10-6-8-20(25)16(22)2/h4-14,17H,1-3H3,(H,26,29)(H,27,28)/t17-/m0/s1. The van der Waals surface area contributed by atoms with Crippen molar-refractivity contribution in [2.45, 2.75) is 26.9 Å². The molecule has 0 aliphatic heterocycles. The average molecular weight is 423 g/mol. The van der Waals surface area contributed by atoms with Gasteiger partial charge in [0.25, 0.3) is 11.8 Å². The molecule has 3 aromatic carbocycles. The van der Waals surface area contributed by atoms with Gasteiger partial charge in [-0.3, -0.25) is 9.59 Å². The molecule has 1 atom stereocenters. The van der Waals surface area contributed by atoms with E-state index in [4.69, 9.17) is 16.3 Å². The Morgan fingerprint density at radius 2 is 1.53 bits per heavy atom. The van der Waals surface area contributed by atoms with Crippen LogP contribution in [0.4, 0.5) is 11.4 Å². The van der Waals surface area contributed by atoms with E-state index < -0.39 is 6.10 Å². The largest absolute Gasteiger partial charge is 0.481 e. The minimum absolute atomic E-state index is 0.210. The van der Waals surface area contributed by atoms with Gasteiger partial charge in [0.15, 0.2) is 6.10 Å². The maximum atomic E-state index is 12.4. The SMILES string of the molecule is Cc1ccccc1NC(=O)c1ccc(O[C@@H](C)C(=O)Nc2cccc(Cl)c2C)cc1. The molecule has 0 aliphatic carbocycles. The number of carbonyl (C=O) groups excluding carboxylic acids is 2. The number of amides is 2. The Morgan fingerprint density at radius 1 is 0.867 bits per heavy atom. The molecular weight excluding hydrogens is 400 g/mol. The molecule has 0 radical (unpaired) electrons. The highest BCUT2D eigenvalue weighted by molar-refractivity contribution is 6.31. The Kier molecular flexibility index (Phi) is 6.75. The summed E-state index contributed by atoms with van der Waals surface area (Å²) in [7, 11) is 0. The molecule has 0 aliphatic rings. The van der Waals surface area contributed by atoms with Crippen molar-refractivity contribution in [3.63, 3.8) is 0 Å². The number of hydrogen-bond donors (Lipinski definition) is 2. The zero-order chi connectivity index (χ0) is 21.7. The van der Waals surface area contributed by atoms with Crippen molar-refractivity contribution in [1.29, 1.82) is 0 Å². The van der Waals surface area contributed by atoms with E-state index in [0.29, 0.717) is 22.0 Å². The van der Waals surface area contributed by atoms with Gasteiger partial charge in [0.05, 0.1) is 0 Å². The second kappa shape index (κ2) is 9.46. The molecule has 0 saturated carbocycles. The lowest BCUT2D eigenvalue weighted by atomic mass is 10.1. The monoisotopic (exact) mass is 422 g/mol. The van der Waals surface area contributed by atoms with Crippen LogP contribution in [0.2, 0.25) is 5.02 Å². The number of anilines is 2. The van der Waals surface area contributed by atoms with Gasteiger partial charge in [-0.2, -0.15) is 0 Å². The quantitative estimate of drug-likeness (QED) is 0.542. The van der Waals surface area contributed by atoms with Gasteiger partial charge in [-0.25, -0.2) is 0 Å². The van der Waals surface area contributed by atoms with E-state index in [0.717, 1.165) is 16.8 Å². The normalized spacial score (nSPS) is 11.5. The van der Waals surface area contributed by atoms with Crippen molar-refractivity contribution in [2.75, 3.05) is 10.6 Å². The summed E-state index contributed by atoms with van der Waals surface area (Å²) in [5, 5.41) is 6.29. The van der Waals surface area contributed by atoms with Crippen LogP contribution in [0.15, 0.2) is 66.7 Å². The molecule has 0 spiro atoms. The van der Waals surface area contributed by atoms with Crippen molar-refractivity contribution < 1.29 is 14.3 Å². The van der Waals surface area contributed by atoms with Crippen molar-refractivity contribution in [2.24, 2.45) is 0 Å². The summed E-state index contributed by atoms with van der Waals surface area (Å²) >= 11 is 6.09. The molecule has 154 valence electrons. The van der Waals surface area contributed by atoms with E-state index in [1.807, 2.05) is 38.1 Å². The van der Waals surface area contributed by atoms with Crippen LogP contribution in [0.5, 0.6) is 5.75 Å². The van der Waals surface area contributed by atoms with E-state index in [9.17, 15) is 9.59 Å². The molecule has 0 fully saturated rings. The van der Waals surface area contributed by atoms with Gasteiger partial charge in [0, 0.05) is 22.0 Å². The van der Waals surface area contributed by atoms with Crippen LogP contribution < -0.4 is 15.4 Å². The molecule has 2 amide bonds. The molecule has 0 bridgehead atoms. The first-order valence-corrected chi connectivity index (χ1v) is 9.92. The lowest BCUT2D eigenvalue weighted by molar-refractivity contribution is -0.122. The highest BCUT2D eigenvalue weighted by atomic mass is 35.5. The van der Waals surface area contributed by atoms with Gasteiger partial charge in [0.1, 0.15) is 5.75 Å². The fourth-order valence-electron chi connectivity index (χ4n) is 2.83. The van der Waals surface area contributed by atoms with Crippen LogP contribution in [0.25, 0.3) is 0 Å². The van der Waals surface area contributed by atoms with Crippen LogP contribution in [0.3, 0.4) is 0 Å². The number of carbonyl (C=O) groups is 2. The number of ether oxygens (including phenoxy) is 1. The Bertz CT molecular complexity index is 1060. The second-order valence-electron chi connectivity index (χ2n) is 6.96. The predicted octanol–water partition coefficient (Wildman–Crippen LogP) is 5.62. The minimum atomic E-state index is -0.727. The Balaban J connectivity index is 1.60. The summed E-state index contributed by atoms with van der Waals surface area (Å²) in [5.74, 6) is -0.00674. The topological polar surface area (TPSA) is 67.4 Å². The molecule has 3 rings (SSSR count). The average Bonchev–Trinajstić information content (AvgIpc) is 2.73. The summed E-state index contributed by atoms with van der Waals surface area (Å²) in [6, 6.07) is 19.6. The summed E-state index contributed by atoms with van der Waals surface area (Å²) in [4.78, 5) is 24.9. The Hall–Kier alpha value is -3.31. The second-order valence-corrected chi connectivity index (χ2v) is 7.36. The number of rotatable bonds is 6. The zero-order valence-corrected chi connectivity index (χ0v) is 17.8. The maximum absolute atomic E-state index is 12.4. The van der Waals surface area contributed by atoms with Gasteiger partial charge >= 0.3 is 0 Å². The van der Waals surface area contributed by atoms with Crippen LogP contribution in [-0.4, -0.2) is 17.9 Å². The highest BCUT2D eigenvalue weighted by Gasteiger charge is 2.17. The van der Waals surface area contributed by atoms with Crippen LogP contribution in [0.1, 0.15) is 28.4 Å². The predicted molar refractivity (Wildman–Crippen MR) is 120 cm³/mol. The summed E-state index contributed by atoms with van der Waals surface area (Å²) in [5.41, 5.74) is 3.69. The lowest BCUT2D eigenvalue weighted by Gasteiger charge is -2.16. The van der Waals surface area contributed by atoms with Crippen molar-refractivity contribution in [1.82, 2.24) is 0 Å². The van der Waals surface area contributed by atoms with Gasteiger partial charge in [-0.15, -0.1) is 0 Å². The van der Waals surface area contributed by atoms with Crippen LogP contribution >= 0.6 is 11.6 Å². The van der Waals surface area contributed by atoms with Gasteiger partial charge in [0.2, 0.25) is 0 Å². The summed E-state index contributed by atoms with van der Waals surface area (Å²) in [6.07, 6.45) is -0.727. The minimum Gasteiger partial charge on any atom is -0.481 e. The van der Waals surface area contributed by atoms with Gasteiger partial charge < -0.3 is 15.4 Å². The number of para-hydroxylation sites is 1. The number of hydrogen-bond acceptors (Lipinski definition) is 3. The number of halogens is 1. The van der Waals surface area contributed by atoms with E-state index in [2.05, 4.69) is 10.6 Å². The summed E-state index contributed by atoms with van der Waals surface area (Å²) in [6.45, 7) is 5.43. The zero-order valence-electron chi connectivity index (χ0n) is 17.0. The van der Waals surface area contributed by atoms with E-state index >= 15 is 0 Å². The van der Waals surface area contributed by atoms with E-state index in [1.165, 1.54) is 0 Å². The highest BCUT2D eigenvalue weighted by Crippen LogP contribution is 2.23. The number of nitrogens with one attached hydrogen (secondary N) is 2. The molecular formula is C24H23ClN2O3. The molecule has 30 heavy (non-hydrogen) atoms. The first-order chi connectivity index (χ1) is 14.3. The Labute approximate surface area is 181 Å². The molecule has 0 unspecified atom stereocenters. The van der Waals surface area contributed by atoms with E-state index in [1.54, 1.807) is 49.4 Å². The maximum Gasteiger partial charge on any atom is 0.265 e. The molecule has 2 N–H and O–H groups in total. The smallest absolute Gasteiger partial charge is 0.265 e. The molecule has 0 heterocycles. The van der Waals surface area contributed by atoms with Crippen molar-refractivity contribution in [3.05, 3.63) is 88.4 Å². The lowest BCUT2D eigenvalue weighted by Crippen LogP contribution is -2.30. The molecule has 6 heteroatoms. The fourth-order valence-corrected chi connectivity index (χ4v) is 3.00. The first kappa shape index (κ1) is 21.4. The molecule has 5 nitrogen and oxygen atoms in total. The molecule has 0 saturated heterocycles. The molecule has 3 aromatic rings. The van der Waals surface area contributed by atoms with Crippen LogP contribution in [0, 0.1) is 13.8 Å². The third kappa shape index (κ3) is 5.19. The fraction of sp³-hybridized carbons (Fsp3) is 0.167. The third-order valence-corrected chi connectivity index (χ3v) is 5.13. The van der Waals surface area contributed by atoms with Gasteiger partial charge in [-0.05, 0) is 74.4 Å². The first-order valence-electron chi connectivity index (χ1n) is 9.55. The molecule has 0 aromatic heterocycles. The van der Waals surface area contributed by atoms with E-state index in [-0.39, 0.29) is 11.8 Å². The third-order valence-electron chi connectivity index (χ3n) is 4.72.